The van der Waals surface area contributed by atoms with Crippen LogP contribution in [0.15, 0.2) is 42.6 Å². The van der Waals surface area contributed by atoms with Crippen molar-refractivity contribution < 1.29 is 9.53 Å². The highest BCUT2D eigenvalue weighted by molar-refractivity contribution is 5.78. The number of carbonyl (C=O) groups is 1. The molecule has 0 radical (unpaired) electrons. The molecule has 1 aromatic carbocycles. The zero-order chi connectivity index (χ0) is 19.5. The summed E-state index contributed by atoms with van der Waals surface area (Å²) in [5.41, 5.74) is 3.42. The lowest BCUT2D eigenvalue weighted by atomic mass is 10.0. The van der Waals surface area contributed by atoms with Gasteiger partial charge in [-0.25, -0.2) is 4.98 Å². The third-order valence-corrected chi connectivity index (χ3v) is 5.78. The van der Waals surface area contributed by atoms with Crippen molar-refractivity contribution in [2.24, 2.45) is 0 Å². The molecule has 1 aliphatic heterocycles. The summed E-state index contributed by atoms with van der Waals surface area (Å²) in [6.07, 6.45) is 2.83. The number of aromatic nitrogens is 1. The molecule has 0 bridgehead atoms. The Labute approximate surface area is 166 Å². The summed E-state index contributed by atoms with van der Waals surface area (Å²) >= 11 is 0. The van der Waals surface area contributed by atoms with Crippen LogP contribution < -0.4 is 10.1 Å². The number of carbonyl (C=O) groups excluding carboxylic acids is 1. The largest absolute Gasteiger partial charge is 0.481 e. The molecular formula is C22H28N4O2. The van der Waals surface area contributed by atoms with E-state index < -0.39 is 0 Å². The molecule has 6 heteroatoms. The van der Waals surface area contributed by atoms with Crippen LogP contribution in [0, 0.1) is 0 Å². The maximum atomic E-state index is 12.4. The van der Waals surface area contributed by atoms with Gasteiger partial charge in [0.2, 0.25) is 11.8 Å². The van der Waals surface area contributed by atoms with Crippen LogP contribution >= 0.6 is 0 Å². The number of nitrogens with one attached hydrogen (secondary N) is 1. The minimum Gasteiger partial charge on any atom is -0.481 e. The van der Waals surface area contributed by atoms with Crippen LogP contribution in [0.2, 0.25) is 0 Å². The van der Waals surface area contributed by atoms with Gasteiger partial charge in [0.25, 0.3) is 0 Å². The molecular weight excluding hydrogens is 352 g/mol. The van der Waals surface area contributed by atoms with E-state index in [0.717, 1.165) is 43.7 Å². The molecule has 1 N–H and O–H groups in total. The van der Waals surface area contributed by atoms with Gasteiger partial charge >= 0.3 is 0 Å². The van der Waals surface area contributed by atoms with Gasteiger partial charge in [0.1, 0.15) is 0 Å². The van der Waals surface area contributed by atoms with E-state index in [2.05, 4.69) is 46.5 Å². The summed E-state index contributed by atoms with van der Waals surface area (Å²) in [5, 5.41) is 3.44. The lowest BCUT2D eigenvalue weighted by Crippen LogP contribution is -2.49. The summed E-state index contributed by atoms with van der Waals surface area (Å²) in [7, 11) is 3.74. The van der Waals surface area contributed by atoms with E-state index in [4.69, 9.17) is 4.74 Å². The zero-order valence-corrected chi connectivity index (χ0v) is 16.6. The van der Waals surface area contributed by atoms with Crippen molar-refractivity contribution in [1.82, 2.24) is 20.1 Å². The lowest BCUT2D eigenvalue weighted by molar-refractivity contribution is -0.131. The number of piperazine rings is 1. The Balaban J connectivity index is 1.30. The number of likely N-dealkylation sites (N-methyl/N-ethyl adjacent to an activating group) is 1. The molecule has 6 nitrogen and oxygen atoms in total. The quantitative estimate of drug-likeness (QED) is 0.830. The third kappa shape index (κ3) is 4.18. The van der Waals surface area contributed by atoms with E-state index in [1.807, 2.05) is 17.0 Å². The number of hydrogen-bond acceptors (Lipinski definition) is 5. The molecule has 0 spiro atoms. The van der Waals surface area contributed by atoms with Gasteiger partial charge in [-0.1, -0.05) is 24.3 Å². The number of hydrogen-bond donors (Lipinski definition) is 1. The fourth-order valence-electron chi connectivity index (χ4n) is 3.86. The molecule has 2 aromatic rings. The van der Waals surface area contributed by atoms with Crippen LogP contribution in [0.4, 0.5) is 0 Å². The first-order valence-corrected chi connectivity index (χ1v) is 9.95. The Morgan fingerprint density at radius 1 is 1.18 bits per heavy atom. The smallest absolute Gasteiger partial charge is 0.236 e. The Morgan fingerprint density at radius 2 is 1.93 bits per heavy atom. The molecule has 1 aliphatic carbocycles. The summed E-state index contributed by atoms with van der Waals surface area (Å²) in [4.78, 5) is 20.9. The van der Waals surface area contributed by atoms with Gasteiger partial charge in [-0.3, -0.25) is 4.79 Å². The van der Waals surface area contributed by atoms with Crippen molar-refractivity contribution in [3.05, 3.63) is 48.2 Å². The topological polar surface area (TPSA) is 57.7 Å². The minimum atomic E-state index is 0.220. The van der Waals surface area contributed by atoms with Gasteiger partial charge in [-0.15, -0.1) is 0 Å². The lowest BCUT2D eigenvalue weighted by Gasteiger charge is -2.32. The summed E-state index contributed by atoms with van der Waals surface area (Å²) in [6, 6.07) is 12.9. The number of benzene rings is 1. The summed E-state index contributed by atoms with van der Waals surface area (Å²) < 4.78 is 5.36. The van der Waals surface area contributed by atoms with E-state index >= 15 is 0 Å². The monoisotopic (exact) mass is 380 g/mol. The Hall–Kier alpha value is -2.44. The minimum absolute atomic E-state index is 0.220. The molecule has 2 atom stereocenters. The van der Waals surface area contributed by atoms with Crippen molar-refractivity contribution in [1.29, 1.82) is 0 Å². The highest BCUT2D eigenvalue weighted by Gasteiger charge is 2.38. The molecule has 2 heterocycles. The van der Waals surface area contributed by atoms with Crippen LogP contribution in [0.1, 0.15) is 17.9 Å². The fourth-order valence-corrected chi connectivity index (χ4v) is 3.86. The first-order valence-electron chi connectivity index (χ1n) is 9.95. The van der Waals surface area contributed by atoms with Crippen molar-refractivity contribution in [3.63, 3.8) is 0 Å². The van der Waals surface area contributed by atoms with Gasteiger partial charge in [-0.2, -0.15) is 0 Å². The predicted octanol–water partition coefficient (Wildman–Crippen LogP) is 1.98. The molecule has 2 aliphatic rings. The summed E-state index contributed by atoms with van der Waals surface area (Å²) in [5.74, 6) is 1.35. The molecule has 0 unspecified atom stereocenters. The second-order valence-corrected chi connectivity index (χ2v) is 7.70. The molecule has 1 aromatic heterocycles. The Kier molecular flexibility index (Phi) is 5.59. The number of amides is 1. The maximum Gasteiger partial charge on any atom is 0.236 e. The fraction of sp³-hybridized carbons (Fsp3) is 0.455. The molecule has 4 rings (SSSR count). The first kappa shape index (κ1) is 18.9. The first-order chi connectivity index (χ1) is 13.7. The van der Waals surface area contributed by atoms with Gasteiger partial charge < -0.3 is 19.9 Å². The van der Waals surface area contributed by atoms with E-state index in [0.29, 0.717) is 24.4 Å². The SMILES string of the molecule is COc1ncccc1-c1ccc([C@@H]2C[C@H]2NCC(=O)N2CCN(C)CC2)cc1. The number of ether oxygens (including phenoxy) is 1. The molecule has 2 fully saturated rings. The number of methoxy groups -OCH3 is 1. The van der Waals surface area contributed by atoms with E-state index in [1.54, 1.807) is 13.3 Å². The number of rotatable bonds is 6. The van der Waals surface area contributed by atoms with E-state index in [1.165, 1.54) is 5.56 Å². The number of pyridine rings is 1. The van der Waals surface area contributed by atoms with Crippen LogP contribution in [0.5, 0.6) is 5.88 Å². The van der Waals surface area contributed by atoms with Gasteiger partial charge in [0, 0.05) is 49.9 Å². The van der Waals surface area contributed by atoms with Crippen LogP contribution in [0.25, 0.3) is 11.1 Å². The Morgan fingerprint density at radius 3 is 2.64 bits per heavy atom. The number of nitrogens with zero attached hydrogens (tertiary/aromatic N) is 3. The van der Waals surface area contributed by atoms with Crippen LogP contribution in [-0.2, 0) is 4.79 Å². The highest BCUT2D eigenvalue weighted by Crippen LogP contribution is 2.41. The second-order valence-electron chi connectivity index (χ2n) is 7.70. The van der Waals surface area contributed by atoms with Gasteiger partial charge in [0.05, 0.1) is 13.7 Å². The van der Waals surface area contributed by atoms with Crippen LogP contribution in [-0.4, -0.2) is 73.6 Å². The van der Waals surface area contributed by atoms with Crippen molar-refractivity contribution >= 4 is 5.91 Å². The standard InChI is InChI=1S/C22H28N4O2/c1-25-10-12-26(13-11-25)21(27)15-24-20-14-19(20)17-7-5-16(6-8-17)18-4-3-9-23-22(18)28-2/h3-9,19-20,24H,10-15H2,1-2H3/t19-,20+/m0/s1. The van der Waals surface area contributed by atoms with E-state index in [9.17, 15) is 4.79 Å². The molecule has 1 saturated carbocycles. The van der Waals surface area contributed by atoms with Crippen LogP contribution in [0.3, 0.4) is 0 Å². The van der Waals surface area contributed by atoms with Crippen molar-refractivity contribution in [2.45, 2.75) is 18.4 Å². The van der Waals surface area contributed by atoms with Gasteiger partial charge in [0.15, 0.2) is 0 Å². The van der Waals surface area contributed by atoms with Crippen molar-refractivity contribution in [3.8, 4) is 17.0 Å². The molecule has 1 saturated heterocycles. The second kappa shape index (κ2) is 8.29. The van der Waals surface area contributed by atoms with Gasteiger partial charge in [-0.05, 0) is 36.7 Å². The molecule has 148 valence electrons. The average Bonchev–Trinajstić information content (AvgIpc) is 3.52. The normalized spacial score (nSPS) is 22.1. The Bertz CT molecular complexity index is 816. The van der Waals surface area contributed by atoms with Crippen molar-refractivity contribution in [2.75, 3.05) is 46.9 Å². The zero-order valence-electron chi connectivity index (χ0n) is 16.6. The maximum absolute atomic E-state index is 12.4. The average molecular weight is 380 g/mol. The molecule has 1 amide bonds. The molecule has 28 heavy (non-hydrogen) atoms. The third-order valence-electron chi connectivity index (χ3n) is 5.78. The summed E-state index contributed by atoms with van der Waals surface area (Å²) in [6.45, 7) is 4.04. The highest BCUT2D eigenvalue weighted by atomic mass is 16.5. The predicted molar refractivity (Wildman–Crippen MR) is 109 cm³/mol. The van der Waals surface area contributed by atoms with E-state index in [-0.39, 0.29) is 5.91 Å².